The van der Waals surface area contributed by atoms with Crippen LogP contribution in [0, 0.1) is 11.6 Å². The van der Waals surface area contributed by atoms with E-state index in [9.17, 15) is 14.6 Å². The molecule has 1 saturated heterocycles. The summed E-state index contributed by atoms with van der Waals surface area (Å²) in [5.41, 5.74) is 1.42. The number of pyridine rings is 1. The predicted molar refractivity (Wildman–Crippen MR) is 131 cm³/mol. The van der Waals surface area contributed by atoms with E-state index in [0.717, 1.165) is 6.42 Å². The molecular weight excluding hydrogens is 454 g/mol. The third-order valence-corrected chi connectivity index (χ3v) is 6.75. The molecule has 0 radical (unpaired) electrons. The highest BCUT2D eigenvalue weighted by Crippen LogP contribution is 2.39. The Morgan fingerprint density at radius 2 is 2.00 bits per heavy atom. The van der Waals surface area contributed by atoms with E-state index in [4.69, 9.17) is 4.74 Å². The number of phenols is 1. The zero-order chi connectivity index (χ0) is 24.7. The highest BCUT2D eigenvalue weighted by atomic mass is 19.1. The van der Waals surface area contributed by atoms with Gasteiger partial charge >= 0.3 is 0 Å². The molecule has 184 valence electrons. The molecule has 1 fully saturated rings. The van der Waals surface area contributed by atoms with Gasteiger partial charge in [-0.25, -0.2) is 13.8 Å². The van der Waals surface area contributed by atoms with Crippen molar-refractivity contribution in [2.45, 2.75) is 45.1 Å². The standard InChI is InChI=1S/C26H28F2N4O3/c1-3-17-20(27)7-6-14-11-16(34)12-18(21(14)17)23-22(28)24-19(13-29-23)25(31-26(30-24)35-2)32-9-4-5-15(33)8-10-32/h6-7,11-13,15,26,30,33-34H,3-5,8-10H2,1-2H3. The number of methoxy groups -OCH3 is 1. The first-order valence-electron chi connectivity index (χ1n) is 11.8. The summed E-state index contributed by atoms with van der Waals surface area (Å²) in [4.78, 5) is 11.1. The second kappa shape index (κ2) is 9.39. The fourth-order valence-corrected chi connectivity index (χ4v) is 5.01. The highest BCUT2D eigenvalue weighted by Gasteiger charge is 2.30. The molecule has 3 N–H and O–H groups in total. The number of aliphatic hydroxyl groups is 1. The Morgan fingerprint density at radius 3 is 2.77 bits per heavy atom. The van der Waals surface area contributed by atoms with Gasteiger partial charge in [0.15, 0.2) is 5.82 Å². The lowest BCUT2D eigenvalue weighted by Gasteiger charge is -2.32. The molecule has 2 atom stereocenters. The highest BCUT2D eigenvalue weighted by molar-refractivity contribution is 6.06. The smallest absolute Gasteiger partial charge is 0.227 e. The van der Waals surface area contributed by atoms with Gasteiger partial charge in [0.2, 0.25) is 6.35 Å². The molecule has 7 nitrogen and oxygen atoms in total. The molecule has 0 spiro atoms. The monoisotopic (exact) mass is 482 g/mol. The third-order valence-electron chi connectivity index (χ3n) is 6.75. The van der Waals surface area contributed by atoms with Gasteiger partial charge < -0.3 is 25.2 Å². The van der Waals surface area contributed by atoms with E-state index in [0.29, 0.717) is 65.7 Å². The molecule has 0 amide bonds. The van der Waals surface area contributed by atoms with Gasteiger partial charge in [-0.3, -0.25) is 4.98 Å². The number of aromatic nitrogens is 1. The molecular formula is C26H28F2N4O3. The third kappa shape index (κ3) is 4.19. The van der Waals surface area contributed by atoms with Crippen molar-refractivity contribution in [2.24, 2.45) is 4.99 Å². The van der Waals surface area contributed by atoms with Crippen LogP contribution in [-0.2, 0) is 11.2 Å². The number of hydrogen-bond acceptors (Lipinski definition) is 7. The molecule has 2 aliphatic heterocycles. The SMILES string of the molecule is CCc1c(F)ccc2cc(O)cc(-c3ncc4c(c3F)NC(OC)N=C4N3CCCC(O)CC3)c12. The van der Waals surface area contributed by atoms with Crippen molar-refractivity contribution >= 4 is 22.3 Å². The fraction of sp³-hybridized carbons (Fsp3) is 0.385. The zero-order valence-corrected chi connectivity index (χ0v) is 19.7. The van der Waals surface area contributed by atoms with Gasteiger partial charge in [0.1, 0.15) is 23.1 Å². The molecule has 2 unspecified atom stereocenters. The molecule has 3 aromatic rings. The summed E-state index contributed by atoms with van der Waals surface area (Å²) in [6.07, 6.45) is 2.85. The number of aliphatic hydroxyl groups excluding tert-OH is 1. The first-order chi connectivity index (χ1) is 16.9. The van der Waals surface area contributed by atoms with Crippen LogP contribution in [0.5, 0.6) is 5.75 Å². The molecule has 0 aliphatic carbocycles. The van der Waals surface area contributed by atoms with Gasteiger partial charge in [-0.15, -0.1) is 0 Å². The van der Waals surface area contributed by atoms with E-state index in [1.165, 1.54) is 25.3 Å². The lowest BCUT2D eigenvalue weighted by molar-refractivity contribution is 0.130. The van der Waals surface area contributed by atoms with Crippen molar-refractivity contribution in [1.82, 2.24) is 9.88 Å². The summed E-state index contributed by atoms with van der Waals surface area (Å²) in [7, 11) is 1.48. The van der Waals surface area contributed by atoms with Crippen molar-refractivity contribution in [3.8, 4) is 17.0 Å². The van der Waals surface area contributed by atoms with Crippen molar-refractivity contribution in [3.63, 3.8) is 0 Å². The first kappa shape index (κ1) is 23.4. The molecule has 1 aromatic heterocycles. The number of ether oxygens (including phenoxy) is 1. The van der Waals surface area contributed by atoms with E-state index in [1.54, 1.807) is 12.3 Å². The van der Waals surface area contributed by atoms with Crippen LogP contribution >= 0.6 is 0 Å². The summed E-state index contributed by atoms with van der Waals surface area (Å²) in [5, 5.41) is 24.5. The molecule has 2 aromatic carbocycles. The van der Waals surface area contributed by atoms with Crippen LogP contribution in [-0.4, -0.2) is 58.6 Å². The molecule has 35 heavy (non-hydrogen) atoms. The van der Waals surface area contributed by atoms with Gasteiger partial charge in [-0.05, 0) is 60.2 Å². The number of benzene rings is 2. The average molecular weight is 483 g/mol. The Morgan fingerprint density at radius 1 is 1.17 bits per heavy atom. The second-order valence-corrected chi connectivity index (χ2v) is 8.94. The van der Waals surface area contributed by atoms with E-state index >= 15 is 4.39 Å². The predicted octanol–water partition coefficient (Wildman–Crippen LogP) is 4.40. The normalized spacial score (nSPS) is 20.3. The number of hydrogen-bond donors (Lipinski definition) is 3. The number of aliphatic imine (C=N–C) groups is 1. The maximum absolute atomic E-state index is 16.2. The van der Waals surface area contributed by atoms with Gasteiger partial charge in [-0.1, -0.05) is 13.0 Å². The van der Waals surface area contributed by atoms with Crippen LogP contribution in [0.25, 0.3) is 22.0 Å². The van der Waals surface area contributed by atoms with Crippen LogP contribution < -0.4 is 5.32 Å². The molecule has 5 rings (SSSR count). The number of likely N-dealkylation sites (tertiary alicyclic amines) is 1. The van der Waals surface area contributed by atoms with Crippen molar-refractivity contribution in [3.05, 3.63) is 53.2 Å². The summed E-state index contributed by atoms with van der Waals surface area (Å²) in [6.45, 7) is 3.08. The van der Waals surface area contributed by atoms with Crippen LogP contribution in [0.1, 0.15) is 37.3 Å². The van der Waals surface area contributed by atoms with Gasteiger partial charge in [0.25, 0.3) is 0 Å². The Bertz CT molecular complexity index is 1310. The number of aromatic hydroxyl groups is 1. The number of anilines is 1. The second-order valence-electron chi connectivity index (χ2n) is 8.94. The van der Waals surface area contributed by atoms with E-state index in [1.807, 2.05) is 11.8 Å². The molecule has 0 bridgehead atoms. The number of nitrogens with one attached hydrogen (secondary N) is 1. The molecule has 0 saturated carbocycles. The maximum Gasteiger partial charge on any atom is 0.227 e. The first-order valence-corrected chi connectivity index (χ1v) is 11.8. The quantitative estimate of drug-likeness (QED) is 0.513. The lowest BCUT2D eigenvalue weighted by atomic mass is 9.94. The molecule has 2 aliphatic rings. The van der Waals surface area contributed by atoms with Gasteiger partial charge in [0, 0.05) is 32.0 Å². The summed E-state index contributed by atoms with van der Waals surface area (Å²) in [5.74, 6) is -0.530. The number of amidine groups is 1. The number of nitrogens with zero attached hydrogens (tertiary/aromatic N) is 3. The number of phenolic OH excluding ortho intramolecular Hbond substituents is 1. The largest absolute Gasteiger partial charge is 0.508 e. The lowest BCUT2D eigenvalue weighted by Crippen LogP contribution is -2.39. The van der Waals surface area contributed by atoms with Gasteiger partial charge in [-0.2, -0.15) is 0 Å². The fourth-order valence-electron chi connectivity index (χ4n) is 5.01. The molecule has 3 heterocycles. The average Bonchev–Trinajstić information content (AvgIpc) is 3.08. The zero-order valence-electron chi connectivity index (χ0n) is 19.7. The van der Waals surface area contributed by atoms with Crippen LogP contribution in [0.2, 0.25) is 0 Å². The number of fused-ring (bicyclic) bond motifs is 2. The van der Waals surface area contributed by atoms with E-state index in [-0.39, 0.29) is 29.1 Å². The number of aryl methyl sites for hydroxylation is 1. The maximum atomic E-state index is 16.2. The van der Waals surface area contributed by atoms with Gasteiger partial charge in [0.05, 0.1) is 17.4 Å². The summed E-state index contributed by atoms with van der Waals surface area (Å²) < 4.78 is 36.2. The Kier molecular flexibility index (Phi) is 6.29. The topological polar surface area (TPSA) is 90.2 Å². The van der Waals surface area contributed by atoms with Crippen LogP contribution in [0.15, 0.2) is 35.5 Å². The Balaban J connectivity index is 1.67. The van der Waals surface area contributed by atoms with E-state index < -0.39 is 12.2 Å². The minimum Gasteiger partial charge on any atom is -0.508 e. The summed E-state index contributed by atoms with van der Waals surface area (Å²) in [6, 6.07) is 5.87. The number of halogens is 2. The Hall–Kier alpha value is -3.30. The molecule has 9 heteroatoms. The van der Waals surface area contributed by atoms with Crippen molar-refractivity contribution in [2.75, 3.05) is 25.5 Å². The Labute approximate surface area is 202 Å². The van der Waals surface area contributed by atoms with Crippen LogP contribution in [0.4, 0.5) is 14.5 Å². The van der Waals surface area contributed by atoms with E-state index in [2.05, 4.69) is 15.3 Å². The number of rotatable bonds is 3. The van der Waals surface area contributed by atoms with Crippen molar-refractivity contribution < 1.29 is 23.7 Å². The van der Waals surface area contributed by atoms with Crippen molar-refractivity contribution in [1.29, 1.82) is 0 Å². The minimum absolute atomic E-state index is 0.000147. The van der Waals surface area contributed by atoms with Crippen LogP contribution in [0.3, 0.4) is 0 Å². The summed E-state index contributed by atoms with van der Waals surface area (Å²) >= 11 is 0. The minimum atomic E-state index is -0.806.